The smallest absolute Gasteiger partial charge is 0.339 e. The van der Waals surface area contributed by atoms with E-state index in [9.17, 15) is 19.6 Å². The molecule has 0 aliphatic carbocycles. The van der Waals surface area contributed by atoms with Crippen molar-refractivity contribution in [1.29, 1.82) is 5.26 Å². The van der Waals surface area contributed by atoms with Crippen LogP contribution in [0.3, 0.4) is 0 Å². The first-order valence-corrected chi connectivity index (χ1v) is 13.0. The fourth-order valence-electron chi connectivity index (χ4n) is 4.12. The van der Waals surface area contributed by atoms with Crippen molar-refractivity contribution >= 4 is 35.2 Å². The van der Waals surface area contributed by atoms with Crippen LogP contribution in [0.4, 0.5) is 5.69 Å². The largest absolute Gasteiger partial charge is 0.468 e. The third-order valence-corrected chi connectivity index (χ3v) is 7.00. The maximum Gasteiger partial charge on any atom is 0.339 e. The molecule has 0 radical (unpaired) electrons. The first-order chi connectivity index (χ1) is 18.9. The number of esters is 1. The number of amides is 2. The van der Waals surface area contributed by atoms with Crippen molar-refractivity contribution < 1.29 is 23.5 Å². The molecule has 39 heavy (non-hydrogen) atoms. The van der Waals surface area contributed by atoms with E-state index >= 15 is 0 Å². The van der Waals surface area contributed by atoms with Gasteiger partial charge in [-0.2, -0.15) is 5.26 Å². The number of hydrogen-bond donors (Lipinski definition) is 3. The molecule has 3 aromatic rings. The van der Waals surface area contributed by atoms with Crippen molar-refractivity contribution in [3.05, 3.63) is 112 Å². The van der Waals surface area contributed by atoms with Gasteiger partial charge in [-0.25, -0.2) is 4.79 Å². The van der Waals surface area contributed by atoms with Crippen LogP contribution in [0.5, 0.6) is 0 Å². The lowest BCUT2D eigenvalue weighted by Gasteiger charge is -2.28. The number of rotatable bonds is 9. The van der Waals surface area contributed by atoms with Crippen molar-refractivity contribution in [1.82, 2.24) is 10.6 Å². The number of thioether (sulfide) groups is 1. The van der Waals surface area contributed by atoms with Gasteiger partial charge < -0.3 is 25.1 Å². The van der Waals surface area contributed by atoms with Crippen molar-refractivity contribution in [2.45, 2.75) is 19.4 Å². The Balaban J connectivity index is 1.57. The molecule has 0 saturated carbocycles. The molecule has 1 aliphatic rings. The lowest BCUT2D eigenvalue weighted by Crippen LogP contribution is -2.31. The second kappa shape index (κ2) is 12.7. The van der Waals surface area contributed by atoms with Gasteiger partial charge in [-0.3, -0.25) is 9.59 Å². The average molecular weight is 543 g/mol. The molecule has 2 amide bonds. The predicted molar refractivity (Wildman–Crippen MR) is 147 cm³/mol. The first kappa shape index (κ1) is 27.3. The molecule has 10 heteroatoms. The molecule has 0 bridgehead atoms. The van der Waals surface area contributed by atoms with Crippen LogP contribution in [0.25, 0.3) is 0 Å². The van der Waals surface area contributed by atoms with E-state index in [1.165, 1.54) is 25.1 Å². The van der Waals surface area contributed by atoms with Crippen molar-refractivity contribution in [3.8, 4) is 6.07 Å². The highest BCUT2D eigenvalue weighted by atomic mass is 32.2. The van der Waals surface area contributed by atoms with E-state index in [1.807, 2.05) is 30.3 Å². The molecule has 2 heterocycles. The van der Waals surface area contributed by atoms with Crippen LogP contribution >= 0.6 is 11.8 Å². The molecule has 0 saturated heterocycles. The molecule has 3 N–H and O–H groups in total. The minimum Gasteiger partial charge on any atom is -0.468 e. The third kappa shape index (κ3) is 6.40. The summed E-state index contributed by atoms with van der Waals surface area (Å²) in [6.45, 7) is 2.10. The van der Waals surface area contributed by atoms with Gasteiger partial charge in [0.2, 0.25) is 5.91 Å². The maximum atomic E-state index is 13.6. The van der Waals surface area contributed by atoms with E-state index < -0.39 is 17.8 Å². The van der Waals surface area contributed by atoms with Crippen molar-refractivity contribution in [2.75, 3.05) is 18.2 Å². The lowest BCUT2D eigenvalue weighted by molar-refractivity contribution is -0.118. The number of furan rings is 1. The molecule has 2 aromatic carbocycles. The van der Waals surface area contributed by atoms with Crippen molar-refractivity contribution in [2.24, 2.45) is 0 Å². The van der Waals surface area contributed by atoms with Crippen LogP contribution in [0.1, 0.15) is 34.5 Å². The molecular weight excluding hydrogens is 516 g/mol. The summed E-state index contributed by atoms with van der Waals surface area (Å²) in [6, 6.07) is 21.6. The highest BCUT2D eigenvalue weighted by Gasteiger charge is 2.36. The Morgan fingerprint density at radius 1 is 1.08 bits per heavy atom. The van der Waals surface area contributed by atoms with Crippen LogP contribution in [0, 0.1) is 11.3 Å². The number of nitriles is 1. The molecule has 1 aromatic heterocycles. The van der Waals surface area contributed by atoms with Gasteiger partial charge in [-0.15, -0.1) is 0 Å². The third-order valence-electron chi connectivity index (χ3n) is 5.98. The Kier molecular flexibility index (Phi) is 8.86. The summed E-state index contributed by atoms with van der Waals surface area (Å²) < 4.78 is 10.5. The number of benzene rings is 2. The lowest BCUT2D eigenvalue weighted by atomic mass is 9.85. The zero-order chi connectivity index (χ0) is 27.8. The van der Waals surface area contributed by atoms with Gasteiger partial charge in [-0.05, 0) is 36.8 Å². The van der Waals surface area contributed by atoms with Gasteiger partial charge in [0.15, 0.2) is 0 Å². The number of ether oxygens (including phenoxy) is 1. The van der Waals surface area contributed by atoms with Crippen LogP contribution < -0.4 is 16.0 Å². The molecule has 1 atom stereocenters. The molecule has 198 valence electrons. The Labute approximate surface area is 229 Å². The number of dihydropyridines is 1. The zero-order valence-electron chi connectivity index (χ0n) is 21.3. The summed E-state index contributed by atoms with van der Waals surface area (Å²) in [7, 11) is 1.26. The van der Waals surface area contributed by atoms with Gasteiger partial charge in [0, 0.05) is 12.2 Å². The minimum absolute atomic E-state index is 0.0620. The van der Waals surface area contributed by atoms with Gasteiger partial charge in [0.05, 0.1) is 58.5 Å². The van der Waals surface area contributed by atoms with Crippen LogP contribution in [0.2, 0.25) is 0 Å². The number of nitrogens with one attached hydrogen (secondary N) is 3. The first-order valence-electron chi connectivity index (χ1n) is 12.0. The molecule has 1 aliphatic heterocycles. The van der Waals surface area contributed by atoms with Crippen LogP contribution in [-0.2, 0) is 20.9 Å². The number of nitrogens with zero attached hydrogens (tertiary/aromatic N) is 1. The monoisotopic (exact) mass is 542 g/mol. The van der Waals surface area contributed by atoms with E-state index in [0.717, 1.165) is 5.56 Å². The Morgan fingerprint density at radius 3 is 2.51 bits per heavy atom. The standard InChI is InChI=1S/C29H26N4O5S/c1-18-25(27(35)33-22-12-7-6-11-20(22)29(36)37-2)26(23-13-8-14-38-23)21(15-30)28(32-18)39-17-24(34)31-16-19-9-4-3-5-10-19/h3-14,26,32H,16-17H2,1-2H3,(H,31,34)(H,33,35). The SMILES string of the molecule is COC(=O)c1ccccc1NC(=O)C1=C(C)NC(SCC(=O)NCc2ccccc2)=C(C#N)C1c1ccco1. The summed E-state index contributed by atoms with van der Waals surface area (Å²) in [5.41, 5.74) is 2.41. The number of carbonyl (C=O) groups is 3. The highest BCUT2D eigenvalue weighted by molar-refractivity contribution is 8.03. The van der Waals surface area contributed by atoms with Crippen LogP contribution in [-0.4, -0.2) is 30.6 Å². The van der Waals surface area contributed by atoms with E-state index in [4.69, 9.17) is 9.15 Å². The van der Waals surface area contributed by atoms with Gasteiger partial charge >= 0.3 is 5.97 Å². The Morgan fingerprint density at radius 2 is 1.82 bits per heavy atom. The number of para-hydroxylation sites is 1. The van der Waals surface area contributed by atoms with E-state index in [0.29, 0.717) is 23.0 Å². The Hall–Kier alpha value is -4.75. The second-order valence-corrected chi connectivity index (χ2v) is 9.49. The van der Waals surface area contributed by atoms with Crippen LogP contribution in [0.15, 0.2) is 99.3 Å². The maximum absolute atomic E-state index is 13.6. The number of carbonyl (C=O) groups excluding carboxylic acids is 3. The van der Waals surface area contributed by atoms with E-state index in [-0.39, 0.29) is 34.1 Å². The second-order valence-electron chi connectivity index (χ2n) is 8.51. The number of allylic oxidation sites excluding steroid dienone is 2. The fourth-order valence-corrected chi connectivity index (χ4v) is 5.04. The van der Waals surface area contributed by atoms with E-state index in [1.54, 1.807) is 43.3 Å². The topological polar surface area (TPSA) is 133 Å². The molecule has 1 unspecified atom stereocenters. The summed E-state index contributed by atoms with van der Waals surface area (Å²) >= 11 is 1.17. The number of hydrogen-bond acceptors (Lipinski definition) is 8. The summed E-state index contributed by atoms with van der Waals surface area (Å²) in [5, 5.41) is 19.4. The quantitative estimate of drug-likeness (QED) is 0.338. The zero-order valence-corrected chi connectivity index (χ0v) is 22.1. The van der Waals surface area contributed by atoms with E-state index in [2.05, 4.69) is 22.0 Å². The molecular formula is C29H26N4O5S. The van der Waals surface area contributed by atoms with Gasteiger partial charge in [0.25, 0.3) is 5.91 Å². The van der Waals surface area contributed by atoms with Crippen molar-refractivity contribution in [3.63, 3.8) is 0 Å². The molecule has 0 spiro atoms. The normalized spacial score (nSPS) is 14.7. The van der Waals surface area contributed by atoms with Gasteiger partial charge in [0.1, 0.15) is 5.76 Å². The number of methoxy groups -OCH3 is 1. The summed E-state index contributed by atoms with van der Waals surface area (Å²) in [4.78, 5) is 38.3. The summed E-state index contributed by atoms with van der Waals surface area (Å²) in [5.74, 6) is -1.68. The predicted octanol–water partition coefficient (Wildman–Crippen LogP) is 4.45. The minimum atomic E-state index is -0.827. The molecule has 9 nitrogen and oxygen atoms in total. The number of anilines is 1. The average Bonchev–Trinajstić information content (AvgIpc) is 3.49. The fraction of sp³-hybridized carbons (Fsp3) is 0.172. The molecule has 4 rings (SSSR count). The Bertz CT molecular complexity index is 1470. The summed E-state index contributed by atoms with van der Waals surface area (Å²) in [6.07, 6.45) is 1.47. The highest BCUT2D eigenvalue weighted by Crippen LogP contribution is 2.41. The molecule has 0 fully saturated rings. The van der Waals surface area contributed by atoms with Gasteiger partial charge in [-0.1, -0.05) is 54.2 Å².